The van der Waals surface area contributed by atoms with Gasteiger partial charge < -0.3 is 4.90 Å². The van der Waals surface area contributed by atoms with Gasteiger partial charge in [0.1, 0.15) is 0 Å². The maximum Gasteiger partial charge on any atom is 0.416 e. The van der Waals surface area contributed by atoms with E-state index in [0.29, 0.717) is 18.7 Å². The Hall–Kier alpha value is -2.50. The van der Waals surface area contributed by atoms with Crippen molar-refractivity contribution in [2.45, 2.75) is 32.0 Å². The molecule has 0 aromatic heterocycles. The molecule has 2 aromatic rings. The lowest BCUT2D eigenvalue weighted by Gasteiger charge is -2.20. The second kappa shape index (κ2) is 6.34. The lowest BCUT2D eigenvalue weighted by molar-refractivity contribution is -0.137. The summed E-state index contributed by atoms with van der Waals surface area (Å²) < 4.78 is 38.6. The first-order valence-corrected chi connectivity index (χ1v) is 8.76. The van der Waals surface area contributed by atoms with E-state index in [1.165, 1.54) is 17.2 Å². The average Bonchev–Trinajstić information content (AvgIpc) is 3.21. The van der Waals surface area contributed by atoms with Gasteiger partial charge in [0.15, 0.2) is 0 Å². The Kier molecular flexibility index (Phi) is 4.13. The first-order chi connectivity index (χ1) is 12.4. The highest BCUT2D eigenvalue weighted by Gasteiger charge is 2.32. The summed E-state index contributed by atoms with van der Waals surface area (Å²) in [5, 5.41) is 0. The molecule has 0 atom stereocenters. The zero-order valence-electron chi connectivity index (χ0n) is 14.2. The first kappa shape index (κ1) is 16.9. The number of carbonyl (C=O) groups is 1. The molecule has 0 unspecified atom stereocenters. The van der Waals surface area contributed by atoms with E-state index >= 15 is 0 Å². The van der Waals surface area contributed by atoms with Crippen LogP contribution < -0.4 is 4.90 Å². The van der Waals surface area contributed by atoms with Crippen molar-refractivity contribution in [3.05, 3.63) is 64.7 Å². The Morgan fingerprint density at radius 3 is 2.58 bits per heavy atom. The zero-order chi connectivity index (χ0) is 18.3. The Bertz CT molecular complexity index is 847. The SMILES string of the molecule is O=C1N(Cc2cccc(C(F)(F)F)c2)CCN1c1ccc2c(c1)CCC2. The van der Waals surface area contributed by atoms with Crippen LogP contribution in [0.15, 0.2) is 42.5 Å². The van der Waals surface area contributed by atoms with Gasteiger partial charge in [-0.1, -0.05) is 18.2 Å². The van der Waals surface area contributed by atoms with E-state index in [0.717, 1.165) is 37.1 Å². The third kappa shape index (κ3) is 3.16. The predicted octanol–water partition coefficient (Wildman–Crippen LogP) is 4.64. The Morgan fingerprint density at radius 1 is 0.962 bits per heavy atom. The highest BCUT2D eigenvalue weighted by Crippen LogP contribution is 2.31. The first-order valence-electron chi connectivity index (χ1n) is 8.76. The minimum Gasteiger partial charge on any atom is -0.318 e. The van der Waals surface area contributed by atoms with E-state index in [9.17, 15) is 18.0 Å². The highest BCUT2D eigenvalue weighted by atomic mass is 19.4. The van der Waals surface area contributed by atoms with E-state index in [4.69, 9.17) is 0 Å². The second-order valence-corrected chi connectivity index (χ2v) is 6.86. The topological polar surface area (TPSA) is 23.6 Å². The molecule has 0 saturated carbocycles. The van der Waals surface area contributed by atoms with Gasteiger partial charge in [-0.25, -0.2) is 4.79 Å². The lowest BCUT2D eigenvalue weighted by atomic mass is 10.1. The van der Waals surface area contributed by atoms with Gasteiger partial charge in [0.05, 0.1) is 5.56 Å². The molecule has 2 aliphatic rings. The van der Waals surface area contributed by atoms with Crippen molar-refractivity contribution in [1.29, 1.82) is 0 Å². The minimum atomic E-state index is -4.37. The van der Waals surface area contributed by atoms with Crippen LogP contribution in [0.4, 0.5) is 23.7 Å². The van der Waals surface area contributed by atoms with Crippen molar-refractivity contribution in [3.63, 3.8) is 0 Å². The lowest BCUT2D eigenvalue weighted by Crippen LogP contribution is -2.31. The van der Waals surface area contributed by atoms with Crippen molar-refractivity contribution in [3.8, 4) is 0 Å². The molecule has 1 saturated heterocycles. The number of hydrogen-bond donors (Lipinski definition) is 0. The molecule has 0 bridgehead atoms. The standard InChI is InChI=1S/C20H19F3N2O/c21-20(22,23)17-6-1-3-14(11-17)13-24-9-10-25(19(24)26)18-8-7-15-4-2-5-16(15)12-18/h1,3,6-8,11-12H,2,4-5,9-10,13H2. The minimum absolute atomic E-state index is 0.152. The summed E-state index contributed by atoms with van der Waals surface area (Å²) in [6, 6.07) is 11.2. The molecule has 2 amide bonds. The number of amides is 2. The third-order valence-corrected chi connectivity index (χ3v) is 5.12. The zero-order valence-corrected chi connectivity index (χ0v) is 14.2. The summed E-state index contributed by atoms with van der Waals surface area (Å²) in [6.45, 7) is 1.24. The third-order valence-electron chi connectivity index (χ3n) is 5.12. The van der Waals surface area contributed by atoms with Crippen LogP contribution in [0.3, 0.4) is 0 Å². The molecule has 3 nitrogen and oxygen atoms in total. The fourth-order valence-electron chi connectivity index (χ4n) is 3.76. The van der Waals surface area contributed by atoms with Crippen molar-refractivity contribution in [2.75, 3.05) is 18.0 Å². The van der Waals surface area contributed by atoms with Gasteiger partial charge in [-0.05, 0) is 60.2 Å². The van der Waals surface area contributed by atoms with Gasteiger partial charge in [-0.3, -0.25) is 4.90 Å². The predicted molar refractivity (Wildman–Crippen MR) is 93.1 cm³/mol. The van der Waals surface area contributed by atoms with E-state index in [1.807, 2.05) is 6.07 Å². The van der Waals surface area contributed by atoms with Crippen LogP contribution >= 0.6 is 0 Å². The molecule has 6 heteroatoms. The van der Waals surface area contributed by atoms with Crippen LogP contribution in [0.1, 0.15) is 28.7 Å². The molecule has 2 aromatic carbocycles. The summed E-state index contributed by atoms with van der Waals surface area (Å²) >= 11 is 0. The van der Waals surface area contributed by atoms with E-state index in [2.05, 4.69) is 12.1 Å². The van der Waals surface area contributed by atoms with Gasteiger partial charge in [0.2, 0.25) is 0 Å². The molecular weight excluding hydrogens is 341 g/mol. The maximum absolute atomic E-state index is 12.9. The number of benzene rings is 2. The van der Waals surface area contributed by atoms with Crippen LogP contribution in [0.2, 0.25) is 0 Å². The molecule has 26 heavy (non-hydrogen) atoms. The fourth-order valence-corrected chi connectivity index (χ4v) is 3.76. The van der Waals surface area contributed by atoms with E-state index < -0.39 is 11.7 Å². The van der Waals surface area contributed by atoms with Gasteiger partial charge in [0, 0.05) is 25.3 Å². The summed E-state index contributed by atoms with van der Waals surface area (Å²) in [5.74, 6) is 0. The summed E-state index contributed by atoms with van der Waals surface area (Å²) in [6.07, 6.45) is -1.10. The number of fused-ring (bicyclic) bond motifs is 1. The number of halogens is 3. The number of aryl methyl sites for hydroxylation is 2. The van der Waals surface area contributed by atoms with Crippen LogP contribution in [-0.2, 0) is 25.6 Å². The monoisotopic (exact) mass is 360 g/mol. The van der Waals surface area contributed by atoms with Crippen LogP contribution in [-0.4, -0.2) is 24.0 Å². The quantitative estimate of drug-likeness (QED) is 0.782. The van der Waals surface area contributed by atoms with Gasteiger partial charge >= 0.3 is 12.2 Å². The number of nitrogens with zero attached hydrogens (tertiary/aromatic N) is 2. The average molecular weight is 360 g/mol. The number of carbonyl (C=O) groups excluding carboxylic acids is 1. The molecule has 4 rings (SSSR count). The van der Waals surface area contributed by atoms with Crippen LogP contribution in [0.5, 0.6) is 0 Å². The van der Waals surface area contributed by atoms with Gasteiger partial charge in [0.25, 0.3) is 0 Å². The number of urea groups is 1. The molecule has 136 valence electrons. The maximum atomic E-state index is 12.9. The van der Waals surface area contributed by atoms with E-state index in [-0.39, 0.29) is 12.6 Å². The molecule has 0 N–H and O–H groups in total. The molecule has 0 spiro atoms. The van der Waals surface area contributed by atoms with Gasteiger partial charge in [-0.15, -0.1) is 0 Å². The molecule has 1 aliphatic carbocycles. The largest absolute Gasteiger partial charge is 0.416 e. The van der Waals surface area contributed by atoms with E-state index in [1.54, 1.807) is 15.9 Å². The summed E-state index contributed by atoms with van der Waals surface area (Å²) in [5.41, 5.74) is 3.33. The van der Waals surface area contributed by atoms with Crippen molar-refractivity contribution < 1.29 is 18.0 Å². The Balaban J connectivity index is 1.50. The number of anilines is 1. The molecular formula is C20H19F3N2O. The van der Waals surface area contributed by atoms with Crippen molar-refractivity contribution in [2.24, 2.45) is 0 Å². The number of alkyl halides is 3. The summed E-state index contributed by atoms with van der Waals surface area (Å²) in [4.78, 5) is 16.0. The number of rotatable bonds is 3. The molecule has 1 aliphatic heterocycles. The Morgan fingerprint density at radius 2 is 1.77 bits per heavy atom. The van der Waals surface area contributed by atoms with Gasteiger partial charge in [-0.2, -0.15) is 13.2 Å². The molecule has 1 fully saturated rings. The molecule has 0 radical (unpaired) electrons. The Labute approximate surface area is 150 Å². The smallest absolute Gasteiger partial charge is 0.318 e. The van der Waals surface area contributed by atoms with Crippen LogP contribution in [0, 0.1) is 0 Å². The highest BCUT2D eigenvalue weighted by molar-refractivity contribution is 5.94. The normalized spacial score (nSPS) is 17.1. The second-order valence-electron chi connectivity index (χ2n) is 6.86. The molecule has 1 heterocycles. The summed E-state index contributed by atoms with van der Waals surface area (Å²) in [7, 11) is 0. The van der Waals surface area contributed by atoms with Crippen molar-refractivity contribution in [1.82, 2.24) is 4.90 Å². The fraction of sp³-hybridized carbons (Fsp3) is 0.350. The number of hydrogen-bond acceptors (Lipinski definition) is 1. The van der Waals surface area contributed by atoms with Crippen molar-refractivity contribution >= 4 is 11.7 Å². The van der Waals surface area contributed by atoms with Crippen LogP contribution in [0.25, 0.3) is 0 Å².